The largest absolute Gasteiger partial charge is 0.481 e. The summed E-state index contributed by atoms with van der Waals surface area (Å²) in [6.45, 7) is 4.08. The van der Waals surface area contributed by atoms with Crippen molar-refractivity contribution in [3.8, 4) is 0 Å². The van der Waals surface area contributed by atoms with Gasteiger partial charge in [-0.05, 0) is 31.5 Å². The molecule has 0 saturated carbocycles. The summed E-state index contributed by atoms with van der Waals surface area (Å²) in [6.07, 6.45) is -0.102. The van der Waals surface area contributed by atoms with E-state index in [1.54, 1.807) is 26.0 Å². The molecule has 110 valence electrons. The van der Waals surface area contributed by atoms with E-state index in [0.717, 1.165) is 0 Å². The Morgan fingerprint density at radius 1 is 1.45 bits per heavy atom. The summed E-state index contributed by atoms with van der Waals surface area (Å²) in [5.41, 5.74) is 0.660. The van der Waals surface area contributed by atoms with Crippen LogP contribution in [0.25, 0.3) is 0 Å². The van der Waals surface area contributed by atoms with E-state index in [1.165, 1.54) is 17.0 Å². The van der Waals surface area contributed by atoms with E-state index in [1.807, 2.05) is 0 Å². The number of hydrogen-bond acceptors (Lipinski definition) is 2. The quantitative estimate of drug-likeness (QED) is 0.841. The Hall–Kier alpha value is -2.11. The van der Waals surface area contributed by atoms with E-state index in [-0.39, 0.29) is 30.9 Å². The number of carbonyl (C=O) groups is 2. The maximum atomic E-state index is 13.1. The molecule has 0 aliphatic carbocycles. The van der Waals surface area contributed by atoms with E-state index in [2.05, 4.69) is 5.32 Å². The lowest BCUT2D eigenvalue weighted by atomic mass is 10.1. The highest BCUT2D eigenvalue weighted by molar-refractivity contribution is 5.75. The predicted molar refractivity (Wildman–Crippen MR) is 72.8 cm³/mol. The lowest BCUT2D eigenvalue weighted by Crippen LogP contribution is -2.41. The molecule has 1 aromatic carbocycles. The minimum absolute atomic E-state index is 0.102. The molecule has 0 radical (unpaired) electrons. The summed E-state index contributed by atoms with van der Waals surface area (Å²) in [5, 5.41) is 11.4. The van der Waals surface area contributed by atoms with Gasteiger partial charge in [-0.1, -0.05) is 12.1 Å². The number of hydrogen-bond donors (Lipinski definition) is 2. The van der Waals surface area contributed by atoms with Gasteiger partial charge < -0.3 is 15.3 Å². The van der Waals surface area contributed by atoms with Crippen molar-refractivity contribution in [3.05, 3.63) is 35.6 Å². The Labute approximate surface area is 117 Å². The zero-order valence-electron chi connectivity index (χ0n) is 11.6. The average molecular weight is 282 g/mol. The second-order valence-corrected chi connectivity index (χ2v) is 4.45. The number of carboxylic acids is 1. The minimum atomic E-state index is -0.950. The van der Waals surface area contributed by atoms with Crippen LogP contribution in [0.4, 0.5) is 9.18 Å². The highest BCUT2D eigenvalue weighted by Gasteiger charge is 2.16. The molecule has 6 heteroatoms. The van der Waals surface area contributed by atoms with Crippen molar-refractivity contribution in [2.45, 2.75) is 26.3 Å². The lowest BCUT2D eigenvalue weighted by Gasteiger charge is -2.23. The molecular weight excluding hydrogens is 263 g/mol. The molecule has 0 aromatic heterocycles. The van der Waals surface area contributed by atoms with Gasteiger partial charge in [0.1, 0.15) is 5.82 Å². The van der Waals surface area contributed by atoms with Crippen molar-refractivity contribution < 1.29 is 19.1 Å². The second-order valence-electron chi connectivity index (χ2n) is 4.45. The lowest BCUT2D eigenvalue weighted by molar-refractivity contribution is -0.137. The van der Waals surface area contributed by atoms with Gasteiger partial charge in [0.05, 0.1) is 12.5 Å². The summed E-state index contributed by atoms with van der Waals surface area (Å²) >= 11 is 0. The Morgan fingerprint density at radius 3 is 2.70 bits per heavy atom. The van der Waals surface area contributed by atoms with Gasteiger partial charge in [-0.3, -0.25) is 4.79 Å². The van der Waals surface area contributed by atoms with Crippen LogP contribution < -0.4 is 5.32 Å². The first kappa shape index (κ1) is 15.9. The summed E-state index contributed by atoms with van der Waals surface area (Å²) < 4.78 is 13.1. The number of nitrogens with zero attached hydrogens (tertiary/aromatic N) is 1. The first-order valence-electron chi connectivity index (χ1n) is 6.46. The van der Waals surface area contributed by atoms with E-state index < -0.39 is 5.97 Å². The fraction of sp³-hybridized carbons (Fsp3) is 0.429. The van der Waals surface area contributed by atoms with Crippen molar-refractivity contribution in [2.24, 2.45) is 0 Å². The van der Waals surface area contributed by atoms with Crippen LogP contribution in [-0.2, 0) is 4.79 Å². The number of carboxylic acid groups (broad SMARTS) is 1. The molecule has 0 spiro atoms. The van der Waals surface area contributed by atoms with E-state index in [0.29, 0.717) is 12.1 Å². The van der Waals surface area contributed by atoms with Crippen molar-refractivity contribution in [1.29, 1.82) is 0 Å². The van der Waals surface area contributed by atoms with Crippen molar-refractivity contribution >= 4 is 12.0 Å². The Morgan fingerprint density at radius 2 is 2.15 bits per heavy atom. The summed E-state index contributed by atoms with van der Waals surface area (Å²) in [4.78, 5) is 23.9. The molecule has 0 fully saturated rings. The highest BCUT2D eigenvalue weighted by Crippen LogP contribution is 2.13. The Kier molecular flexibility index (Phi) is 5.96. The number of amides is 2. The fourth-order valence-electron chi connectivity index (χ4n) is 1.77. The first-order chi connectivity index (χ1) is 9.43. The van der Waals surface area contributed by atoms with E-state index >= 15 is 0 Å². The Balaban J connectivity index is 2.61. The van der Waals surface area contributed by atoms with Crippen molar-refractivity contribution in [1.82, 2.24) is 10.2 Å². The van der Waals surface area contributed by atoms with Crippen LogP contribution in [0.2, 0.25) is 0 Å². The van der Waals surface area contributed by atoms with Crippen molar-refractivity contribution in [3.63, 3.8) is 0 Å². The van der Waals surface area contributed by atoms with E-state index in [9.17, 15) is 14.0 Å². The smallest absolute Gasteiger partial charge is 0.317 e. The highest BCUT2D eigenvalue weighted by atomic mass is 19.1. The van der Waals surface area contributed by atoms with E-state index in [4.69, 9.17) is 5.11 Å². The molecule has 0 saturated heterocycles. The van der Waals surface area contributed by atoms with Crippen LogP contribution in [0.3, 0.4) is 0 Å². The van der Waals surface area contributed by atoms with Gasteiger partial charge >= 0.3 is 12.0 Å². The third-order valence-corrected chi connectivity index (χ3v) is 2.95. The van der Waals surface area contributed by atoms with Gasteiger partial charge in [-0.25, -0.2) is 9.18 Å². The van der Waals surface area contributed by atoms with Gasteiger partial charge in [-0.15, -0.1) is 0 Å². The number of carbonyl (C=O) groups excluding carboxylic acids is 1. The van der Waals surface area contributed by atoms with Crippen LogP contribution in [-0.4, -0.2) is 35.1 Å². The number of benzene rings is 1. The maximum absolute atomic E-state index is 13.1. The maximum Gasteiger partial charge on any atom is 0.317 e. The molecule has 0 aliphatic rings. The molecule has 5 nitrogen and oxygen atoms in total. The van der Waals surface area contributed by atoms with Crippen LogP contribution >= 0.6 is 0 Å². The normalized spacial score (nSPS) is 11.8. The minimum Gasteiger partial charge on any atom is -0.481 e. The van der Waals surface area contributed by atoms with Gasteiger partial charge in [-0.2, -0.15) is 0 Å². The number of urea groups is 1. The molecule has 1 aromatic rings. The van der Waals surface area contributed by atoms with Crippen LogP contribution in [0.1, 0.15) is 31.9 Å². The molecule has 1 atom stereocenters. The third kappa shape index (κ3) is 4.87. The zero-order valence-corrected chi connectivity index (χ0v) is 11.6. The predicted octanol–water partition coefficient (Wildman–Crippen LogP) is 2.39. The van der Waals surface area contributed by atoms with Crippen molar-refractivity contribution in [2.75, 3.05) is 13.1 Å². The molecule has 0 bridgehead atoms. The average Bonchev–Trinajstić information content (AvgIpc) is 2.39. The van der Waals surface area contributed by atoms with Crippen LogP contribution in [0, 0.1) is 5.82 Å². The standard InChI is InChI=1S/C14H19FN2O3/c1-3-17(8-7-13(18)19)14(20)16-10(2)11-5-4-6-12(15)9-11/h4-6,9-10H,3,7-8H2,1-2H3,(H,16,20)(H,18,19). The molecule has 20 heavy (non-hydrogen) atoms. The third-order valence-electron chi connectivity index (χ3n) is 2.95. The van der Waals surface area contributed by atoms with Crippen LogP contribution in [0.15, 0.2) is 24.3 Å². The molecule has 1 rings (SSSR count). The van der Waals surface area contributed by atoms with Gasteiger partial charge in [0.15, 0.2) is 0 Å². The molecule has 2 amide bonds. The molecule has 0 heterocycles. The molecule has 2 N–H and O–H groups in total. The molecule has 1 unspecified atom stereocenters. The molecule has 0 aliphatic heterocycles. The second kappa shape index (κ2) is 7.47. The number of aliphatic carboxylic acids is 1. The van der Waals surface area contributed by atoms with Gasteiger partial charge in [0.25, 0.3) is 0 Å². The summed E-state index contributed by atoms with van der Waals surface area (Å²) in [6, 6.07) is 5.29. The summed E-state index contributed by atoms with van der Waals surface area (Å²) in [7, 11) is 0. The SMILES string of the molecule is CCN(CCC(=O)O)C(=O)NC(C)c1cccc(F)c1. The number of halogens is 1. The first-order valence-corrected chi connectivity index (χ1v) is 6.46. The van der Waals surface area contributed by atoms with Gasteiger partial charge in [0, 0.05) is 13.1 Å². The van der Waals surface area contributed by atoms with Gasteiger partial charge in [0.2, 0.25) is 0 Å². The fourth-order valence-corrected chi connectivity index (χ4v) is 1.77. The zero-order chi connectivity index (χ0) is 15.1. The van der Waals surface area contributed by atoms with Crippen LogP contribution in [0.5, 0.6) is 0 Å². The monoisotopic (exact) mass is 282 g/mol. The number of nitrogens with one attached hydrogen (secondary N) is 1. The topological polar surface area (TPSA) is 69.6 Å². The summed E-state index contributed by atoms with van der Waals surface area (Å²) in [5.74, 6) is -1.31. The Bertz CT molecular complexity index is 479. The molecular formula is C14H19FN2O3. The number of rotatable bonds is 6.